The summed E-state index contributed by atoms with van der Waals surface area (Å²) in [4.78, 5) is 25.9. The average molecular weight is 487 g/mol. The number of nitrogens with one attached hydrogen (secondary N) is 1. The van der Waals surface area contributed by atoms with E-state index in [-0.39, 0.29) is 35.5 Å². The molecule has 8 nitrogen and oxygen atoms in total. The van der Waals surface area contributed by atoms with Gasteiger partial charge in [0.05, 0.1) is 17.1 Å². The van der Waals surface area contributed by atoms with Gasteiger partial charge in [-0.1, -0.05) is 23.7 Å². The lowest BCUT2D eigenvalue weighted by Crippen LogP contribution is -2.33. The van der Waals surface area contributed by atoms with E-state index in [1.807, 2.05) is 6.92 Å². The fraction of sp³-hybridized carbons (Fsp3) is 0.261. The van der Waals surface area contributed by atoms with Crippen LogP contribution in [0.4, 0.5) is 5.69 Å². The minimum Gasteiger partial charge on any atom is -0.309 e. The average Bonchev–Trinajstić information content (AvgIpc) is 3.10. The van der Waals surface area contributed by atoms with Gasteiger partial charge in [0.1, 0.15) is 0 Å². The molecule has 1 N–H and O–H groups in total. The van der Waals surface area contributed by atoms with Gasteiger partial charge in [-0.15, -0.1) is 0 Å². The van der Waals surface area contributed by atoms with E-state index in [0.29, 0.717) is 17.1 Å². The van der Waals surface area contributed by atoms with E-state index in [0.717, 1.165) is 16.8 Å². The van der Waals surface area contributed by atoms with Gasteiger partial charge in [0.25, 0.3) is 5.56 Å². The number of nitrogens with zero attached hydrogens (tertiary/aromatic N) is 3. The Morgan fingerprint density at radius 3 is 2.58 bits per heavy atom. The lowest BCUT2D eigenvalue weighted by atomic mass is 10.1. The molecule has 3 aromatic rings. The van der Waals surface area contributed by atoms with Crippen molar-refractivity contribution in [3.8, 4) is 11.3 Å². The van der Waals surface area contributed by atoms with Crippen molar-refractivity contribution in [2.24, 2.45) is 0 Å². The van der Waals surface area contributed by atoms with Gasteiger partial charge in [-0.3, -0.25) is 9.59 Å². The van der Waals surface area contributed by atoms with Gasteiger partial charge in [0.2, 0.25) is 15.9 Å². The van der Waals surface area contributed by atoms with Gasteiger partial charge in [-0.2, -0.15) is 5.10 Å². The Balaban J connectivity index is 1.47. The lowest BCUT2D eigenvalue weighted by molar-refractivity contribution is -0.116. The quantitative estimate of drug-likeness (QED) is 0.577. The molecule has 0 spiro atoms. The van der Waals surface area contributed by atoms with Crippen molar-refractivity contribution in [3.63, 3.8) is 0 Å². The number of carbonyl (C=O) groups excluding carboxylic acids is 1. The van der Waals surface area contributed by atoms with E-state index >= 15 is 0 Å². The molecule has 33 heavy (non-hydrogen) atoms. The third-order valence-corrected chi connectivity index (χ3v) is 7.25. The number of benzene rings is 2. The number of hydrogen-bond donors (Lipinski definition) is 1. The van der Waals surface area contributed by atoms with Crippen molar-refractivity contribution in [1.29, 1.82) is 0 Å². The van der Waals surface area contributed by atoms with E-state index < -0.39 is 10.0 Å². The van der Waals surface area contributed by atoms with Gasteiger partial charge >= 0.3 is 0 Å². The molecule has 0 bridgehead atoms. The van der Waals surface area contributed by atoms with Crippen LogP contribution in [0.3, 0.4) is 0 Å². The van der Waals surface area contributed by atoms with Gasteiger partial charge in [0, 0.05) is 41.9 Å². The summed E-state index contributed by atoms with van der Waals surface area (Å²) < 4.78 is 29.4. The van der Waals surface area contributed by atoms with Crippen LogP contribution < -0.4 is 15.2 Å². The van der Waals surface area contributed by atoms with Crippen LogP contribution in [0.2, 0.25) is 5.02 Å². The van der Waals surface area contributed by atoms with Gasteiger partial charge in [-0.05, 0) is 55.3 Å². The summed E-state index contributed by atoms with van der Waals surface area (Å²) in [5, 5.41) is 4.93. The summed E-state index contributed by atoms with van der Waals surface area (Å²) in [6, 6.07) is 14.8. The molecule has 0 radical (unpaired) electrons. The second-order valence-electron chi connectivity index (χ2n) is 7.92. The SMILES string of the molecule is CC(=O)N1c2ccc(S(=O)(=O)NCCn3nc(-c4ccc(Cl)cc4)ccc3=O)cc2C[C@H]1C. The summed E-state index contributed by atoms with van der Waals surface area (Å²) in [5.41, 5.74) is 2.60. The fourth-order valence-electron chi connectivity index (χ4n) is 4.01. The number of anilines is 1. The van der Waals surface area contributed by atoms with Crippen LogP contribution in [0.15, 0.2) is 64.3 Å². The smallest absolute Gasteiger partial charge is 0.266 e. The normalized spacial score (nSPS) is 15.5. The standard InChI is InChI=1S/C23H23ClN4O4S/c1-15-13-18-14-20(7-9-22(18)28(15)16(2)29)33(31,32)25-11-12-27-23(30)10-8-21(26-27)17-3-5-19(24)6-4-17/h3-10,14-15,25H,11-13H2,1-2H3/t15-/m1/s1. The first-order chi connectivity index (χ1) is 15.7. The number of sulfonamides is 1. The summed E-state index contributed by atoms with van der Waals surface area (Å²) in [6.45, 7) is 3.48. The van der Waals surface area contributed by atoms with Crippen LogP contribution in [0.1, 0.15) is 19.4 Å². The third kappa shape index (κ3) is 4.85. The number of hydrogen-bond acceptors (Lipinski definition) is 5. The zero-order valence-corrected chi connectivity index (χ0v) is 19.7. The van der Waals surface area contributed by atoms with Crippen molar-refractivity contribution in [2.75, 3.05) is 11.4 Å². The molecule has 1 atom stereocenters. The molecule has 1 aliphatic heterocycles. The number of carbonyl (C=O) groups is 1. The minimum atomic E-state index is -3.80. The van der Waals surface area contributed by atoms with Crippen molar-refractivity contribution < 1.29 is 13.2 Å². The van der Waals surface area contributed by atoms with Gasteiger partial charge < -0.3 is 4.90 Å². The van der Waals surface area contributed by atoms with Gasteiger partial charge in [-0.25, -0.2) is 17.8 Å². The van der Waals surface area contributed by atoms with Crippen molar-refractivity contribution in [2.45, 2.75) is 37.8 Å². The van der Waals surface area contributed by atoms with E-state index in [2.05, 4.69) is 9.82 Å². The van der Waals surface area contributed by atoms with Crippen LogP contribution in [-0.4, -0.2) is 36.7 Å². The van der Waals surface area contributed by atoms with E-state index in [1.54, 1.807) is 47.4 Å². The maximum Gasteiger partial charge on any atom is 0.266 e. The molecule has 0 saturated heterocycles. The first kappa shape index (κ1) is 23.2. The molecule has 0 unspecified atom stereocenters. The predicted molar refractivity (Wildman–Crippen MR) is 127 cm³/mol. The van der Waals surface area contributed by atoms with E-state index in [1.165, 1.54) is 23.7 Å². The highest BCUT2D eigenvalue weighted by Gasteiger charge is 2.30. The molecule has 10 heteroatoms. The maximum atomic E-state index is 12.8. The number of halogens is 1. The predicted octanol–water partition coefficient (Wildman–Crippen LogP) is 2.84. The molecule has 1 aliphatic rings. The molecule has 0 fully saturated rings. The monoisotopic (exact) mass is 486 g/mol. The highest BCUT2D eigenvalue weighted by atomic mass is 35.5. The summed E-state index contributed by atoms with van der Waals surface area (Å²) in [6.07, 6.45) is 0.592. The van der Waals surface area contributed by atoms with E-state index in [4.69, 9.17) is 11.6 Å². The molecule has 2 heterocycles. The molecular weight excluding hydrogens is 464 g/mol. The third-order valence-electron chi connectivity index (χ3n) is 5.54. The first-order valence-corrected chi connectivity index (χ1v) is 12.3. The molecule has 1 amide bonds. The lowest BCUT2D eigenvalue weighted by Gasteiger charge is -2.20. The van der Waals surface area contributed by atoms with Crippen molar-refractivity contribution in [1.82, 2.24) is 14.5 Å². The van der Waals surface area contributed by atoms with Crippen LogP contribution in [0, 0.1) is 0 Å². The second kappa shape index (κ2) is 9.09. The van der Waals surface area contributed by atoms with Crippen LogP contribution in [-0.2, 0) is 27.8 Å². The van der Waals surface area contributed by atoms with Crippen LogP contribution in [0.25, 0.3) is 11.3 Å². The molecule has 1 aromatic heterocycles. The molecule has 0 aliphatic carbocycles. The Kier molecular flexibility index (Phi) is 6.38. The zero-order valence-electron chi connectivity index (χ0n) is 18.2. The molecule has 172 valence electrons. The highest BCUT2D eigenvalue weighted by molar-refractivity contribution is 7.89. The van der Waals surface area contributed by atoms with Crippen LogP contribution in [0.5, 0.6) is 0 Å². The molecular formula is C23H23ClN4O4S. The first-order valence-electron chi connectivity index (χ1n) is 10.4. The zero-order chi connectivity index (χ0) is 23.8. The van der Waals surface area contributed by atoms with Crippen LogP contribution >= 0.6 is 11.6 Å². The van der Waals surface area contributed by atoms with E-state index in [9.17, 15) is 18.0 Å². The Hall–Kier alpha value is -3.01. The highest BCUT2D eigenvalue weighted by Crippen LogP contribution is 2.33. The topological polar surface area (TPSA) is 101 Å². The van der Waals surface area contributed by atoms with Crippen molar-refractivity contribution >= 4 is 33.2 Å². The summed E-state index contributed by atoms with van der Waals surface area (Å²) in [7, 11) is -3.80. The number of fused-ring (bicyclic) bond motifs is 1. The molecule has 2 aromatic carbocycles. The number of rotatable bonds is 6. The minimum absolute atomic E-state index is 0.00757. The van der Waals surface area contributed by atoms with Crippen molar-refractivity contribution in [3.05, 3.63) is 75.5 Å². The maximum absolute atomic E-state index is 12.8. The largest absolute Gasteiger partial charge is 0.309 e. The Labute approximate surface area is 196 Å². The number of amides is 1. The molecule has 0 saturated carbocycles. The Morgan fingerprint density at radius 1 is 1.15 bits per heavy atom. The Bertz CT molecular complexity index is 1370. The number of aromatic nitrogens is 2. The van der Waals surface area contributed by atoms with Gasteiger partial charge in [0.15, 0.2) is 0 Å². The fourth-order valence-corrected chi connectivity index (χ4v) is 5.20. The second-order valence-corrected chi connectivity index (χ2v) is 10.1. The molecule has 4 rings (SSSR count). The summed E-state index contributed by atoms with van der Waals surface area (Å²) in [5.74, 6) is -0.0752. The Morgan fingerprint density at radius 2 is 1.88 bits per heavy atom. The summed E-state index contributed by atoms with van der Waals surface area (Å²) >= 11 is 5.92.